The molecule has 0 aliphatic rings. The highest BCUT2D eigenvalue weighted by Gasteiger charge is 2.12. The van der Waals surface area contributed by atoms with Gasteiger partial charge in [0.05, 0.1) is 12.0 Å². The molecule has 0 radical (unpaired) electrons. The van der Waals surface area contributed by atoms with Crippen molar-refractivity contribution in [2.24, 2.45) is 11.8 Å². The van der Waals surface area contributed by atoms with Crippen LogP contribution >= 0.6 is 11.3 Å². The van der Waals surface area contributed by atoms with Gasteiger partial charge in [-0.3, -0.25) is 0 Å². The van der Waals surface area contributed by atoms with E-state index >= 15 is 0 Å². The van der Waals surface area contributed by atoms with Gasteiger partial charge < -0.3 is 0 Å². The molecule has 0 saturated heterocycles. The van der Waals surface area contributed by atoms with Gasteiger partial charge in [-0.15, -0.1) is 11.3 Å². The van der Waals surface area contributed by atoms with E-state index < -0.39 is 0 Å². The Bertz CT molecular complexity index is 256. The summed E-state index contributed by atoms with van der Waals surface area (Å²) < 4.78 is 0. The van der Waals surface area contributed by atoms with Crippen LogP contribution in [0.25, 0.3) is 0 Å². The first-order valence-electron chi connectivity index (χ1n) is 4.16. The highest BCUT2D eigenvalue weighted by molar-refractivity contribution is 7.09. The quantitative estimate of drug-likeness (QED) is 0.699. The lowest BCUT2D eigenvalue weighted by Gasteiger charge is -2.10. The summed E-state index contributed by atoms with van der Waals surface area (Å²) in [5.74, 6) is 0.626. The van der Waals surface area contributed by atoms with Crippen LogP contribution in [0.5, 0.6) is 0 Å². The van der Waals surface area contributed by atoms with Crippen LogP contribution in [0.4, 0.5) is 0 Å². The smallest absolute Gasteiger partial charge is 0.0662 e. The Morgan fingerprint density at radius 2 is 2.33 bits per heavy atom. The lowest BCUT2D eigenvalue weighted by atomic mass is 9.94. The molecule has 0 aliphatic heterocycles. The molecule has 1 atom stereocenters. The summed E-state index contributed by atoms with van der Waals surface area (Å²) in [5, 5.41) is 10.9. The maximum Gasteiger partial charge on any atom is 0.0662 e. The Morgan fingerprint density at radius 1 is 1.58 bits per heavy atom. The molecule has 12 heavy (non-hydrogen) atoms. The molecular formula is C10H13NS. The van der Waals surface area contributed by atoms with Crippen molar-refractivity contribution in [2.45, 2.75) is 20.3 Å². The molecule has 1 rings (SSSR count). The van der Waals surface area contributed by atoms with E-state index in [4.69, 9.17) is 5.26 Å². The summed E-state index contributed by atoms with van der Waals surface area (Å²) in [6.45, 7) is 4.20. The normalized spacial score (nSPS) is 12.8. The summed E-state index contributed by atoms with van der Waals surface area (Å²) in [5.41, 5.74) is 0. The number of hydrogen-bond acceptors (Lipinski definition) is 2. The van der Waals surface area contributed by atoms with Crippen molar-refractivity contribution >= 4 is 11.3 Å². The largest absolute Gasteiger partial charge is 0.198 e. The van der Waals surface area contributed by atoms with Gasteiger partial charge in [-0.2, -0.15) is 5.26 Å². The highest BCUT2D eigenvalue weighted by atomic mass is 32.1. The third kappa shape index (κ3) is 2.35. The maximum absolute atomic E-state index is 8.85. The van der Waals surface area contributed by atoms with Crippen LogP contribution < -0.4 is 0 Å². The minimum Gasteiger partial charge on any atom is -0.198 e. The molecule has 2 heteroatoms. The first-order valence-corrected chi connectivity index (χ1v) is 5.04. The van der Waals surface area contributed by atoms with Crippen molar-refractivity contribution in [1.82, 2.24) is 0 Å². The Hall–Kier alpha value is -0.810. The Labute approximate surface area is 77.7 Å². The van der Waals surface area contributed by atoms with E-state index in [0.717, 1.165) is 6.42 Å². The molecule has 1 aromatic heterocycles. The van der Waals surface area contributed by atoms with Crippen LogP contribution in [0, 0.1) is 23.2 Å². The van der Waals surface area contributed by atoms with Crippen molar-refractivity contribution < 1.29 is 0 Å². The van der Waals surface area contributed by atoms with Crippen molar-refractivity contribution in [1.29, 1.82) is 5.26 Å². The van der Waals surface area contributed by atoms with Gasteiger partial charge in [0.25, 0.3) is 0 Å². The fourth-order valence-corrected chi connectivity index (χ4v) is 1.84. The van der Waals surface area contributed by atoms with Crippen molar-refractivity contribution in [3.63, 3.8) is 0 Å². The predicted molar refractivity (Wildman–Crippen MR) is 52.0 cm³/mol. The SMILES string of the molecule is CC(C)C(C#N)Cc1cccs1. The summed E-state index contributed by atoms with van der Waals surface area (Å²) in [4.78, 5) is 1.32. The second kappa shape index (κ2) is 4.27. The topological polar surface area (TPSA) is 23.8 Å². The standard InChI is InChI=1S/C10H13NS/c1-8(2)9(7-11)6-10-4-3-5-12-10/h3-5,8-9H,6H2,1-2H3. The molecule has 1 heterocycles. The van der Waals surface area contributed by atoms with Gasteiger partial charge in [0.1, 0.15) is 0 Å². The first kappa shape index (κ1) is 9.28. The first-order chi connectivity index (χ1) is 5.74. The number of hydrogen-bond donors (Lipinski definition) is 0. The average molecular weight is 179 g/mol. The minimum absolute atomic E-state index is 0.170. The Kier molecular flexibility index (Phi) is 3.31. The Balaban J connectivity index is 2.56. The van der Waals surface area contributed by atoms with E-state index in [-0.39, 0.29) is 5.92 Å². The average Bonchev–Trinajstić information content (AvgIpc) is 2.51. The lowest BCUT2D eigenvalue weighted by Crippen LogP contribution is -2.08. The molecule has 0 spiro atoms. The van der Waals surface area contributed by atoms with Gasteiger partial charge >= 0.3 is 0 Å². The van der Waals surface area contributed by atoms with Crippen LogP contribution in [-0.2, 0) is 6.42 Å². The second-order valence-corrected chi connectivity index (χ2v) is 4.30. The van der Waals surface area contributed by atoms with Crippen LogP contribution in [0.1, 0.15) is 18.7 Å². The molecule has 0 N–H and O–H groups in total. The van der Waals surface area contributed by atoms with Crippen LogP contribution in [0.2, 0.25) is 0 Å². The summed E-state index contributed by atoms with van der Waals surface area (Å²) in [6.07, 6.45) is 0.909. The summed E-state index contributed by atoms with van der Waals surface area (Å²) in [6, 6.07) is 6.48. The molecule has 0 aromatic carbocycles. The molecule has 64 valence electrons. The fraction of sp³-hybridized carbons (Fsp3) is 0.500. The zero-order chi connectivity index (χ0) is 8.97. The zero-order valence-corrected chi connectivity index (χ0v) is 8.27. The molecule has 1 aromatic rings. The third-order valence-electron chi connectivity index (χ3n) is 1.97. The highest BCUT2D eigenvalue weighted by Crippen LogP contribution is 2.19. The molecule has 0 fully saturated rings. The lowest BCUT2D eigenvalue weighted by molar-refractivity contribution is 0.476. The van der Waals surface area contributed by atoms with Gasteiger partial charge in [0, 0.05) is 4.88 Å². The molecular weight excluding hydrogens is 166 g/mol. The van der Waals surface area contributed by atoms with E-state index in [2.05, 4.69) is 31.4 Å². The molecule has 0 saturated carbocycles. The van der Waals surface area contributed by atoms with Gasteiger partial charge in [-0.1, -0.05) is 19.9 Å². The van der Waals surface area contributed by atoms with E-state index in [9.17, 15) is 0 Å². The minimum atomic E-state index is 0.170. The van der Waals surface area contributed by atoms with Gasteiger partial charge in [0.2, 0.25) is 0 Å². The third-order valence-corrected chi connectivity index (χ3v) is 2.87. The van der Waals surface area contributed by atoms with Gasteiger partial charge in [-0.25, -0.2) is 0 Å². The van der Waals surface area contributed by atoms with E-state index in [1.807, 2.05) is 6.07 Å². The van der Waals surface area contributed by atoms with Crippen LogP contribution in [0.15, 0.2) is 17.5 Å². The van der Waals surface area contributed by atoms with Crippen molar-refractivity contribution in [2.75, 3.05) is 0 Å². The zero-order valence-electron chi connectivity index (χ0n) is 7.45. The molecule has 0 amide bonds. The van der Waals surface area contributed by atoms with Crippen LogP contribution in [0.3, 0.4) is 0 Å². The van der Waals surface area contributed by atoms with E-state index in [1.54, 1.807) is 11.3 Å². The fourth-order valence-electron chi connectivity index (χ4n) is 1.08. The monoisotopic (exact) mass is 179 g/mol. The maximum atomic E-state index is 8.85. The second-order valence-electron chi connectivity index (χ2n) is 3.26. The molecule has 0 bridgehead atoms. The van der Waals surface area contributed by atoms with Crippen LogP contribution in [-0.4, -0.2) is 0 Å². The van der Waals surface area contributed by atoms with E-state index in [0.29, 0.717) is 5.92 Å². The predicted octanol–water partition coefficient (Wildman–Crippen LogP) is 3.09. The number of rotatable bonds is 3. The van der Waals surface area contributed by atoms with E-state index in [1.165, 1.54) is 4.88 Å². The Morgan fingerprint density at radius 3 is 2.75 bits per heavy atom. The molecule has 0 aliphatic carbocycles. The van der Waals surface area contributed by atoms with Crippen molar-refractivity contribution in [3.05, 3.63) is 22.4 Å². The van der Waals surface area contributed by atoms with Gasteiger partial charge in [0.15, 0.2) is 0 Å². The molecule has 1 nitrogen and oxygen atoms in total. The number of nitrogens with zero attached hydrogens (tertiary/aromatic N) is 1. The van der Waals surface area contributed by atoms with Gasteiger partial charge in [-0.05, 0) is 23.8 Å². The number of thiophene rings is 1. The number of nitriles is 1. The van der Waals surface area contributed by atoms with Crippen molar-refractivity contribution in [3.8, 4) is 6.07 Å². The molecule has 1 unspecified atom stereocenters. The summed E-state index contributed by atoms with van der Waals surface area (Å²) >= 11 is 1.73. The summed E-state index contributed by atoms with van der Waals surface area (Å²) in [7, 11) is 0.